The molecule has 0 saturated carbocycles. The summed E-state index contributed by atoms with van der Waals surface area (Å²) < 4.78 is 5.09. The van der Waals surface area contributed by atoms with Gasteiger partial charge in [0.05, 0.1) is 16.6 Å². The van der Waals surface area contributed by atoms with Crippen molar-refractivity contribution >= 4 is 17.6 Å². The number of carbonyl (C=O) groups excluding carboxylic acids is 2. The summed E-state index contributed by atoms with van der Waals surface area (Å²) in [6.07, 6.45) is -1.12. The van der Waals surface area contributed by atoms with E-state index in [1.165, 1.54) is 32.0 Å². The average molecular weight is 347 g/mol. The predicted octanol–water partition coefficient (Wildman–Crippen LogP) is 2.50. The Morgan fingerprint density at radius 2 is 1.96 bits per heavy atom. The fraction of sp³-hybridized carbons (Fsp3) is 0.471. The number of nitro groups is 1. The molecule has 1 rings (SSSR count). The second-order valence-corrected chi connectivity index (χ2v) is 6.26. The lowest BCUT2D eigenvalue weighted by Gasteiger charge is -2.28. The van der Waals surface area contributed by atoms with E-state index in [1.807, 2.05) is 6.07 Å². The summed E-state index contributed by atoms with van der Waals surface area (Å²) >= 11 is 0. The lowest BCUT2D eigenvalue weighted by Crippen LogP contribution is -2.52. The third-order valence-electron chi connectivity index (χ3n) is 4.05. The van der Waals surface area contributed by atoms with Gasteiger partial charge in [0.2, 0.25) is 0 Å². The monoisotopic (exact) mass is 347 g/mol. The lowest BCUT2D eigenvalue weighted by atomic mass is 9.90. The fourth-order valence-electron chi connectivity index (χ4n) is 1.93. The number of carbonyl (C=O) groups is 2. The van der Waals surface area contributed by atoms with Crippen LogP contribution in [-0.2, 0) is 9.53 Å². The number of rotatable bonds is 6. The number of amides is 1. The zero-order chi connectivity index (χ0) is 19.4. The Hall–Kier alpha value is -2.95. The van der Waals surface area contributed by atoms with Crippen LogP contribution < -0.4 is 5.32 Å². The Kier molecular flexibility index (Phi) is 6.23. The highest BCUT2D eigenvalue weighted by Crippen LogP contribution is 2.20. The minimum atomic E-state index is -1.12. The molecule has 0 aliphatic carbocycles. The van der Waals surface area contributed by atoms with Crippen LogP contribution in [0.25, 0.3) is 0 Å². The number of hydrogen-bond acceptors (Lipinski definition) is 6. The Bertz CT molecular complexity index is 738. The highest BCUT2D eigenvalue weighted by molar-refractivity contribution is 5.92. The van der Waals surface area contributed by atoms with Gasteiger partial charge in [-0.3, -0.25) is 14.9 Å². The quantitative estimate of drug-likeness (QED) is 0.479. The molecule has 2 atom stereocenters. The molecule has 1 aromatic carbocycles. The summed E-state index contributed by atoms with van der Waals surface area (Å²) in [5.74, 6) is -1.50. The number of hydrogen-bond donors (Lipinski definition) is 1. The highest BCUT2D eigenvalue weighted by Gasteiger charge is 2.32. The van der Waals surface area contributed by atoms with Gasteiger partial charge in [0.1, 0.15) is 5.54 Å². The van der Waals surface area contributed by atoms with E-state index in [4.69, 9.17) is 4.74 Å². The average Bonchev–Trinajstić information content (AvgIpc) is 2.53. The highest BCUT2D eigenvalue weighted by atomic mass is 16.6. The summed E-state index contributed by atoms with van der Waals surface area (Å²) in [5.41, 5.74) is -0.769. The number of ether oxygens (including phenoxy) is 1. The topological polar surface area (TPSA) is 122 Å². The van der Waals surface area contributed by atoms with Crippen molar-refractivity contribution < 1.29 is 19.2 Å². The van der Waals surface area contributed by atoms with Crippen molar-refractivity contribution in [3.63, 3.8) is 0 Å². The molecular formula is C17H21N3O5. The Labute approximate surface area is 145 Å². The van der Waals surface area contributed by atoms with Gasteiger partial charge in [-0.1, -0.05) is 13.8 Å². The SMILES string of the molecule is Cc1cc(C(=O)O[C@H](C)C(=O)N[C@](C)(C#N)C(C)C)ccc1[N+](=O)[O-]. The van der Waals surface area contributed by atoms with Gasteiger partial charge >= 0.3 is 5.97 Å². The van der Waals surface area contributed by atoms with E-state index in [2.05, 4.69) is 5.32 Å². The third kappa shape index (κ3) is 4.76. The van der Waals surface area contributed by atoms with Gasteiger partial charge in [0, 0.05) is 11.6 Å². The zero-order valence-corrected chi connectivity index (χ0v) is 14.8. The van der Waals surface area contributed by atoms with Crippen molar-refractivity contribution in [2.45, 2.75) is 46.3 Å². The Morgan fingerprint density at radius 1 is 1.36 bits per heavy atom. The fourth-order valence-corrected chi connectivity index (χ4v) is 1.93. The molecule has 1 aromatic rings. The summed E-state index contributed by atoms with van der Waals surface area (Å²) in [4.78, 5) is 34.5. The summed E-state index contributed by atoms with van der Waals surface area (Å²) in [7, 11) is 0. The van der Waals surface area contributed by atoms with Crippen molar-refractivity contribution in [3.05, 3.63) is 39.4 Å². The van der Waals surface area contributed by atoms with Gasteiger partial charge in [-0.25, -0.2) is 4.79 Å². The second-order valence-electron chi connectivity index (χ2n) is 6.26. The maximum atomic E-state index is 12.2. The molecule has 25 heavy (non-hydrogen) atoms. The standard InChI is InChI=1S/C17H21N3O5/c1-10(2)17(5,9-18)19-15(21)12(4)25-16(22)13-6-7-14(20(23)24)11(3)8-13/h6-8,10,12H,1-5H3,(H,19,21)/t12-,17-/m1/s1. The number of benzene rings is 1. The van der Waals surface area contributed by atoms with Crippen LogP contribution in [0.3, 0.4) is 0 Å². The van der Waals surface area contributed by atoms with Crippen molar-refractivity contribution in [3.8, 4) is 6.07 Å². The van der Waals surface area contributed by atoms with Crippen LogP contribution in [0, 0.1) is 34.3 Å². The summed E-state index contributed by atoms with van der Waals surface area (Å²) in [5, 5.41) is 22.6. The van der Waals surface area contributed by atoms with Gasteiger partial charge < -0.3 is 10.1 Å². The molecule has 0 fully saturated rings. The summed E-state index contributed by atoms with van der Waals surface area (Å²) in [6.45, 7) is 8.07. The number of nitriles is 1. The van der Waals surface area contributed by atoms with E-state index in [9.17, 15) is 25.0 Å². The first-order valence-electron chi connectivity index (χ1n) is 7.71. The molecule has 0 spiro atoms. The van der Waals surface area contributed by atoms with Gasteiger partial charge in [-0.15, -0.1) is 0 Å². The maximum absolute atomic E-state index is 12.2. The van der Waals surface area contributed by atoms with E-state index in [0.29, 0.717) is 5.56 Å². The number of nitro benzene ring substituents is 1. The minimum absolute atomic E-state index is 0.106. The van der Waals surface area contributed by atoms with E-state index < -0.39 is 28.4 Å². The second kappa shape index (κ2) is 7.75. The molecule has 0 radical (unpaired) electrons. The van der Waals surface area contributed by atoms with E-state index in [1.54, 1.807) is 20.8 Å². The molecule has 1 N–H and O–H groups in total. The van der Waals surface area contributed by atoms with Crippen molar-refractivity contribution in [1.82, 2.24) is 5.32 Å². The zero-order valence-electron chi connectivity index (χ0n) is 14.8. The molecule has 0 aromatic heterocycles. The maximum Gasteiger partial charge on any atom is 0.338 e. The third-order valence-corrected chi connectivity index (χ3v) is 4.05. The van der Waals surface area contributed by atoms with E-state index >= 15 is 0 Å². The van der Waals surface area contributed by atoms with Gasteiger partial charge in [0.15, 0.2) is 6.10 Å². The van der Waals surface area contributed by atoms with Crippen molar-refractivity contribution in [1.29, 1.82) is 5.26 Å². The van der Waals surface area contributed by atoms with Crippen LogP contribution in [0.4, 0.5) is 5.69 Å². The first-order valence-corrected chi connectivity index (χ1v) is 7.71. The number of nitrogens with zero attached hydrogens (tertiary/aromatic N) is 2. The molecule has 1 amide bonds. The molecule has 0 aliphatic heterocycles. The lowest BCUT2D eigenvalue weighted by molar-refractivity contribution is -0.385. The van der Waals surface area contributed by atoms with Gasteiger partial charge in [-0.2, -0.15) is 5.26 Å². The molecule has 134 valence electrons. The molecule has 0 aliphatic rings. The Morgan fingerprint density at radius 3 is 2.40 bits per heavy atom. The molecule has 0 unspecified atom stereocenters. The van der Waals surface area contributed by atoms with E-state index in [-0.39, 0.29) is 17.2 Å². The molecule has 0 saturated heterocycles. The minimum Gasteiger partial charge on any atom is -0.449 e. The Balaban J connectivity index is 2.83. The number of esters is 1. The molecule has 8 heteroatoms. The van der Waals surface area contributed by atoms with Crippen LogP contribution in [-0.4, -0.2) is 28.4 Å². The molecule has 8 nitrogen and oxygen atoms in total. The van der Waals surface area contributed by atoms with Gasteiger partial charge in [0.25, 0.3) is 11.6 Å². The first kappa shape index (κ1) is 20.1. The normalized spacial score (nSPS) is 14.1. The van der Waals surface area contributed by atoms with Crippen LogP contribution in [0.15, 0.2) is 18.2 Å². The largest absolute Gasteiger partial charge is 0.449 e. The number of aryl methyl sites for hydroxylation is 1. The van der Waals surface area contributed by atoms with Crippen LogP contribution in [0.5, 0.6) is 0 Å². The van der Waals surface area contributed by atoms with Crippen LogP contribution in [0.2, 0.25) is 0 Å². The van der Waals surface area contributed by atoms with Crippen molar-refractivity contribution in [2.24, 2.45) is 5.92 Å². The van der Waals surface area contributed by atoms with Gasteiger partial charge in [-0.05, 0) is 38.8 Å². The van der Waals surface area contributed by atoms with Crippen LogP contribution in [0.1, 0.15) is 43.6 Å². The molecular weight excluding hydrogens is 326 g/mol. The van der Waals surface area contributed by atoms with Crippen molar-refractivity contribution in [2.75, 3.05) is 0 Å². The number of nitrogens with one attached hydrogen (secondary N) is 1. The summed E-state index contributed by atoms with van der Waals surface area (Å²) in [6, 6.07) is 5.85. The molecule has 0 bridgehead atoms. The van der Waals surface area contributed by atoms with E-state index in [0.717, 1.165) is 0 Å². The molecule has 0 heterocycles. The smallest absolute Gasteiger partial charge is 0.338 e. The predicted molar refractivity (Wildman–Crippen MR) is 89.7 cm³/mol. The van der Waals surface area contributed by atoms with Crippen LogP contribution >= 0.6 is 0 Å². The first-order chi connectivity index (χ1) is 11.5.